The Balaban J connectivity index is 0.000000180. The Labute approximate surface area is 71.4 Å². The van der Waals surface area contributed by atoms with E-state index in [9.17, 15) is 4.79 Å². The molecule has 1 rings (SSSR count). The van der Waals surface area contributed by atoms with E-state index in [1.165, 1.54) is 6.92 Å². The van der Waals surface area contributed by atoms with Crippen LogP contribution in [0.4, 0.5) is 0 Å². The summed E-state index contributed by atoms with van der Waals surface area (Å²) in [4.78, 5) is 13.0. The molecule has 0 saturated heterocycles. The van der Waals surface area contributed by atoms with Crippen LogP contribution in [0.5, 0.6) is 0 Å². The van der Waals surface area contributed by atoms with Crippen LogP contribution in [-0.2, 0) is 4.79 Å². The quantitative estimate of drug-likeness (QED) is 0.722. The lowest BCUT2D eigenvalue weighted by atomic mass is 10.8. The Morgan fingerprint density at radius 3 is 2.50 bits per heavy atom. The van der Waals surface area contributed by atoms with Gasteiger partial charge in [0, 0.05) is 6.92 Å². The molecular formula is C5H7BrN2OS. The molecule has 0 atom stereocenters. The summed E-state index contributed by atoms with van der Waals surface area (Å²) in [5.41, 5.74) is 6.25. The van der Waals surface area contributed by atoms with Gasteiger partial charge in [-0.15, -0.1) is 11.3 Å². The second-order valence-corrected chi connectivity index (χ2v) is 3.68. The van der Waals surface area contributed by atoms with E-state index in [0.29, 0.717) is 0 Å². The van der Waals surface area contributed by atoms with Crippen LogP contribution in [0, 0.1) is 0 Å². The normalized spacial score (nSPS) is 7.80. The van der Waals surface area contributed by atoms with Gasteiger partial charge in [0.1, 0.15) is 0 Å². The van der Waals surface area contributed by atoms with Crippen LogP contribution in [0.15, 0.2) is 15.5 Å². The van der Waals surface area contributed by atoms with Crippen LogP contribution in [0.25, 0.3) is 0 Å². The molecular weight excluding hydrogens is 216 g/mol. The number of amides is 1. The second kappa shape index (κ2) is 5.37. The molecule has 0 spiro atoms. The molecule has 1 aromatic rings. The van der Waals surface area contributed by atoms with Gasteiger partial charge in [0.2, 0.25) is 5.91 Å². The summed E-state index contributed by atoms with van der Waals surface area (Å²) in [5, 5.41) is 0. The zero-order valence-electron chi connectivity index (χ0n) is 5.37. The first-order valence-corrected chi connectivity index (χ1v) is 4.10. The summed E-state index contributed by atoms with van der Waals surface area (Å²) in [7, 11) is 0. The molecule has 0 fully saturated rings. The standard InChI is InChI=1S/C3H2BrNS.C2H5NO/c4-3-1-5-2-6-3;1-2(3)4/h1-2H;1H3,(H2,3,4). The molecule has 0 aliphatic heterocycles. The lowest BCUT2D eigenvalue weighted by Gasteiger charge is -1.60. The zero-order chi connectivity index (χ0) is 7.98. The average molecular weight is 223 g/mol. The fourth-order valence-corrected chi connectivity index (χ4v) is 0.913. The van der Waals surface area contributed by atoms with Gasteiger partial charge in [-0.25, -0.2) is 0 Å². The highest BCUT2D eigenvalue weighted by atomic mass is 79.9. The number of halogens is 1. The number of thiazole rings is 1. The average Bonchev–Trinajstić information content (AvgIpc) is 2.15. The van der Waals surface area contributed by atoms with Gasteiger partial charge in [0.05, 0.1) is 15.5 Å². The molecule has 0 aliphatic rings. The van der Waals surface area contributed by atoms with Gasteiger partial charge >= 0.3 is 0 Å². The van der Waals surface area contributed by atoms with Crippen molar-refractivity contribution in [2.24, 2.45) is 5.73 Å². The molecule has 2 N–H and O–H groups in total. The molecule has 5 heteroatoms. The number of carbonyl (C=O) groups excluding carboxylic acids is 1. The highest BCUT2D eigenvalue weighted by Crippen LogP contribution is 2.12. The minimum atomic E-state index is -0.333. The van der Waals surface area contributed by atoms with E-state index in [1.807, 2.05) is 0 Å². The summed E-state index contributed by atoms with van der Waals surface area (Å²) >= 11 is 4.82. The first kappa shape index (κ1) is 9.58. The molecule has 0 bridgehead atoms. The number of aromatic nitrogens is 1. The van der Waals surface area contributed by atoms with Crippen molar-refractivity contribution >= 4 is 33.2 Å². The summed E-state index contributed by atoms with van der Waals surface area (Å²) in [6.07, 6.45) is 1.77. The highest BCUT2D eigenvalue weighted by molar-refractivity contribution is 9.11. The third kappa shape index (κ3) is 7.58. The fraction of sp³-hybridized carbons (Fsp3) is 0.200. The van der Waals surface area contributed by atoms with Crippen LogP contribution in [0.1, 0.15) is 6.92 Å². The number of primary amides is 1. The summed E-state index contributed by atoms with van der Waals surface area (Å²) in [5.74, 6) is -0.333. The van der Waals surface area contributed by atoms with Gasteiger partial charge in [0.25, 0.3) is 0 Å². The van der Waals surface area contributed by atoms with E-state index < -0.39 is 0 Å². The smallest absolute Gasteiger partial charge is 0.214 e. The predicted octanol–water partition coefficient (Wildman–Crippen LogP) is 1.40. The van der Waals surface area contributed by atoms with Crippen molar-refractivity contribution in [3.63, 3.8) is 0 Å². The van der Waals surface area contributed by atoms with Crippen molar-refractivity contribution in [2.45, 2.75) is 6.92 Å². The van der Waals surface area contributed by atoms with Gasteiger partial charge in [-0.1, -0.05) is 0 Å². The van der Waals surface area contributed by atoms with Gasteiger partial charge in [-0.05, 0) is 15.9 Å². The Kier molecular flexibility index (Phi) is 5.15. The van der Waals surface area contributed by atoms with Crippen molar-refractivity contribution in [2.75, 3.05) is 0 Å². The number of hydrogen-bond donors (Lipinski definition) is 1. The van der Waals surface area contributed by atoms with Crippen molar-refractivity contribution in [3.8, 4) is 0 Å². The minimum Gasteiger partial charge on any atom is -0.370 e. The molecule has 0 radical (unpaired) electrons. The van der Waals surface area contributed by atoms with Gasteiger partial charge in [-0.3, -0.25) is 9.78 Å². The zero-order valence-corrected chi connectivity index (χ0v) is 7.78. The maximum Gasteiger partial charge on any atom is 0.214 e. The highest BCUT2D eigenvalue weighted by Gasteiger charge is 1.78. The SMILES string of the molecule is Brc1cncs1.CC(N)=O. The van der Waals surface area contributed by atoms with E-state index in [4.69, 9.17) is 0 Å². The van der Waals surface area contributed by atoms with Gasteiger partial charge < -0.3 is 5.73 Å². The Morgan fingerprint density at radius 1 is 1.90 bits per heavy atom. The maximum absolute atomic E-state index is 9.22. The third-order valence-corrected chi connectivity index (χ3v) is 1.73. The summed E-state index contributed by atoms with van der Waals surface area (Å²) in [6, 6.07) is 0. The van der Waals surface area contributed by atoms with Gasteiger partial charge in [-0.2, -0.15) is 0 Å². The first-order chi connectivity index (χ1) is 4.63. The molecule has 0 unspecified atom stereocenters. The van der Waals surface area contributed by atoms with Crippen molar-refractivity contribution in [1.82, 2.24) is 4.98 Å². The Morgan fingerprint density at radius 2 is 2.40 bits per heavy atom. The van der Waals surface area contributed by atoms with Crippen LogP contribution in [0.3, 0.4) is 0 Å². The molecule has 1 aromatic heterocycles. The summed E-state index contributed by atoms with van der Waals surface area (Å²) in [6.45, 7) is 1.31. The fourth-order valence-electron chi connectivity index (χ4n) is 0.200. The Bertz CT molecular complexity index is 184. The van der Waals surface area contributed by atoms with Crippen LogP contribution >= 0.6 is 27.3 Å². The number of carbonyl (C=O) groups is 1. The summed E-state index contributed by atoms with van der Waals surface area (Å²) < 4.78 is 1.09. The van der Waals surface area contributed by atoms with E-state index in [0.717, 1.165) is 3.79 Å². The lowest BCUT2D eigenvalue weighted by Crippen LogP contribution is -2.01. The topological polar surface area (TPSA) is 56.0 Å². The van der Waals surface area contributed by atoms with Crippen LogP contribution in [-0.4, -0.2) is 10.9 Å². The number of hydrogen-bond acceptors (Lipinski definition) is 3. The molecule has 3 nitrogen and oxygen atoms in total. The predicted molar refractivity (Wildman–Crippen MR) is 44.7 cm³/mol. The first-order valence-electron chi connectivity index (χ1n) is 2.43. The van der Waals surface area contributed by atoms with E-state index >= 15 is 0 Å². The van der Waals surface area contributed by atoms with Crippen molar-refractivity contribution in [1.29, 1.82) is 0 Å². The van der Waals surface area contributed by atoms with Gasteiger partial charge in [0.15, 0.2) is 0 Å². The minimum absolute atomic E-state index is 0.333. The number of rotatable bonds is 0. The second-order valence-electron chi connectivity index (χ2n) is 1.42. The molecule has 10 heavy (non-hydrogen) atoms. The van der Waals surface area contributed by atoms with Crippen LogP contribution < -0.4 is 5.73 Å². The number of nitrogens with two attached hydrogens (primary N) is 1. The molecule has 56 valence electrons. The number of nitrogens with zero attached hydrogens (tertiary/aromatic N) is 1. The maximum atomic E-state index is 9.22. The molecule has 1 heterocycles. The van der Waals surface area contributed by atoms with E-state index in [1.54, 1.807) is 23.0 Å². The molecule has 0 aromatic carbocycles. The molecule has 0 saturated carbocycles. The van der Waals surface area contributed by atoms with E-state index in [2.05, 4.69) is 26.6 Å². The van der Waals surface area contributed by atoms with Crippen LogP contribution in [0.2, 0.25) is 0 Å². The molecule has 0 aliphatic carbocycles. The largest absolute Gasteiger partial charge is 0.370 e. The monoisotopic (exact) mass is 222 g/mol. The van der Waals surface area contributed by atoms with E-state index in [-0.39, 0.29) is 5.91 Å². The lowest BCUT2D eigenvalue weighted by molar-refractivity contribution is -0.115. The van der Waals surface area contributed by atoms with Crippen molar-refractivity contribution < 1.29 is 4.79 Å². The molecule has 1 amide bonds. The Hall–Kier alpha value is -0.420. The van der Waals surface area contributed by atoms with Crippen molar-refractivity contribution in [3.05, 3.63) is 15.5 Å². The third-order valence-electron chi connectivity index (χ3n) is 0.402.